The van der Waals surface area contributed by atoms with Gasteiger partial charge in [-0.3, -0.25) is 4.79 Å². The van der Waals surface area contributed by atoms with Gasteiger partial charge in [0.1, 0.15) is 0 Å². The van der Waals surface area contributed by atoms with Gasteiger partial charge in [-0.2, -0.15) is 5.26 Å². The highest BCUT2D eigenvalue weighted by Crippen LogP contribution is 2.28. The fourth-order valence-electron chi connectivity index (χ4n) is 3.03. The number of benzene rings is 2. The first kappa shape index (κ1) is 20.6. The Kier molecular flexibility index (Phi) is 7.04. The third kappa shape index (κ3) is 4.84. The lowest BCUT2D eigenvalue weighted by atomic mass is 10.2. The van der Waals surface area contributed by atoms with Gasteiger partial charge >= 0.3 is 0 Å². The van der Waals surface area contributed by atoms with Crippen molar-refractivity contribution in [1.29, 1.82) is 5.26 Å². The zero-order valence-electron chi connectivity index (χ0n) is 16.5. The van der Waals surface area contributed by atoms with Crippen LogP contribution in [-0.4, -0.2) is 32.5 Å². The number of rotatable bonds is 8. The molecule has 0 bridgehead atoms. The predicted octanol–water partition coefficient (Wildman–Crippen LogP) is 4.39. The number of hydrogen-bond donors (Lipinski definition) is 0. The van der Waals surface area contributed by atoms with Gasteiger partial charge in [0.2, 0.25) is 5.91 Å². The van der Waals surface area contributed by atoms with Crippen LogP contribution in [0.2, 0.25) is 0 Å². The maximum Gasteiger partial charge on any atom is 0.240 e. The van der Waals surface area contributed by atoms with E-state index in [4.69, 9.17) is 5.26 Å². The lowest BCUT2D eigenvalue weighted by Gasteiger charge is -2.24. The van der Waals surface area contributed by atoms with E-state index in [9.17, 15) is 4.79 Å². The number of amides is 1. The van der Waals surface area contributed by atoms with E-state index in [1.54, 1.807) is 4.90 Å². The van der Waals surface area contributed by atoms with Crippen molar-refractivity contribution in [1.82, 2.24) is 14.8 Å². The second-order valence-electron chi connectivity index (χ2n) is 6.41. The van der Waals surface area contributed by atoms with E-state index < -0.39 is 0 Å². The number of anilines is 1. The summed E-state index contributed by atoms with van der Waals surface area (Å²) in [5, 5.41) is 18.0. The predicted molar refractivity (Wildman–Crippen MR) is 115 cm³/mol. The van der Waals surface area contributed by atoms with Gasteiger partial charge in [0.05, 0.1) is 17.7 Å². The molecule has 7 heteroatoms. The molecule has 0 aliphatic rings. The molecule has 0 radical (unpaired) electrons. The average molecular weight is 406 g/mol. The first-order valence-electron chi connectivity index (χ1n) is 9.54. The average Bonchev–Trinajstić information content (AvgIpc) is 3.17. The first-order chi connectivity index (χ1) is 14.2. The summed E-state index contributed by atoms with van der Waals surface area (Å²) in [7, 11) is 0. The van der Waals surface area contributed by atoms with Crippen LogP contribution in [0.15, 0.2) is 65.8 Å². The molecule has 0 spiro atoms. The van der Waals surface area contributed by atoms with Gasteiger partial charge in [-0.05, 0) is 26.0 Å². The zero-order chi connectivity index (χ0) is 20.6. The van der Waals surface area contributed by atoms with Gasteiger partial charge < -0.3 is 9.47 Å². The van der Waals surface area contributed by atoms with E-state index >= 15 is 0 Å². The largest absolute Gasteiger partial charge is 0.310 e. The van der Waals surface area contributed by atoms with E-state index in [2.05, 4.69) is 16.3 Å². The molecule has 6 nitrogen and oxygen atoms in total. The molecule has 148 valence electrons. The summed E-state index contributed by atoms with van der Waals surface area (Å²) in [6.45, 7) is 4.97. The van der Waals surface area contributed by atoms with Crippen molar-refractivity contribution < 1.29 is 4.79 Å². The van der Waals surface area contributed by atoms with Crippen molar-refractivity contribution in [3.8, 4) is 17.5 Å². The second-order valence-corrected chi connectivity index (χ2v) is 7.72. The van der Waals surface area contributed by atoms with Gasteiger partial charge in [0, 0.05) is 24.3 Å². The molecule has 1 amide bonds. The monoisotopic (exact) mass is 405 g/mol. The zero-order valence-corrected chi connectivity index (χ0v) is 17.3. The molecule has 2 aromatic carbocycles. The fraction of sp³-hybridized carbons (Fsp3) is 0.273. The Morgan fingerprint density at radius 2 is 1.79 bits per heavy atom. The molecule has 3 rings (SSSR count). The third-order valence-corrected chi connectivity index (χ3v) is 5.54. The third-order valence-electron chi connectivity index (χ3n) is 4.48. The number of nitrogens with zero attached hydrogens (tertiary/aromatic N) is 5. The molecule has 1 atom stereocenters. The quantitative estimate of drug-likeness (QED) is 0.520. The Balaban J connectivity index is 1.81. The molecule has 29 heavy (non-hydrogen) atoms. The van der Waals surface area contributed by atoms with Crippen molar-refractivity contribution in [3.05, 3.63) is 60.7 Å². The van der Waals surface area contributed by atoms with E-state index in [-0.39, 0.29) is 17.6 Å². The van der Waals surface area contributed by atoms with Crippen LogP contribution in [0.5, 0.6) is 0 Å². The number of thioether (sulfide) groups is 1. The normalized spacial score (nSPS) is 11.6. The summed E-state index contributed by atoms with van der Waals surface area (Å²) < 4.78 is 2.02. The number of nitriles is 1. The van der Waals surface area contributed by atoms with Crippen LogP contribution in [0, 0.1) is 11.3 Å². The SMILES string of the molecule is CCn1c(S[C@@H](C)C(=O)N(CCC#N)c2ccccc2)nnc1-c1ccccc1. The molecule has 0 saturated heterocycles. The topological polar surface area (TPSA) is 74.8 Å². The Hall–Kier alpha value is -3.11. The molecule has 0 N–H and O–H groups in total. The van der Waals surface area contributed by atoms with E-state index in [0.717, 1.165) is 17.1 Å². The van der Waals surface area contributed by atoms with Gasteiger partial charge in [-0.1, -0.05) is 60.3 Å². The highest BCUT2D eigenvalue weighted by Gasteiger charge is 2.25. The molecule has 1 aromatic heterocycles. The van der Waals surface area contributed by atoms with Gasteiger partial charge in [0.25, 0.3) is 0 Å². The van der Waals surface area contributed by atoms with E-state index in [1.807, 2.05) is 79.1 Å². The Labute approximate surface area is 175 Å². The standard InChI is InChI=1S/C22H23N5OS/c1-3-26-20(18-11-6-4-7-12-18)24-25-22(26)29-17(2)21(28)27(16-10-15-23)19-13-8-5-9-14-19/h4-9,11-14,17H,3,10,16H2,1-2H3/t17-/m0/s1. The molecule has 0 aliphatic carbocycles. The Bertz CT molecular complexity index is 981. The number of carbonyl (C=O) groups excluding carboxylic acids is 1. The maximum atomic E-state index is 13.2. The highest BCUT2D eigenvalue weighted by atomic mass is 32.2. The van der Waals surface area contributed by atoms with Gasteiger partial charge in [-0.25, -0.2) is 0 Å². The summed E-state index contributed by atoms with van der Waals surface area (Å²) in [4.78, 5) is 14.8. The van der Waals surface area contributed by atoms with E-state index in [0.29, 0.717) is 18.2 Å². The molecule has 0 aliphatic heterocycles. The van der Waals surface area contributed by atoms with Crippen LogP contribution in [0.4, 0.5) is 5.69 Å². The first-order valence-corrected chi connectivity index (χ1v) is 10.4. The molecule has 3 aromatic rings. The van der Waals surface area contributed by atoms with Crippen LogP contribution in [0.3, 0.4) is 0 Å². The van der Waals surface area contributed by atoms with Crippen LogP contribution in [0.1, 0.15) is 20.3 Å². The minimum atomic E-state index is -0.368. The number of carbonyl (C=O) groups is 1. The summed E-state index contributed by atoms with van der Waals surface area (Å²) in [6, 6.07) is 21.5. The molecule has 0 saturated carbocycles. The Morgan fingerprint density at radius 3 is 2.41 bits per heavy atom. The van der Waals surface area contributed by atoms with Crippen molar-refractivity contribution in [3.63, 3.8) is 0 Å². The summed E-state index contributed by atoms with van der Waals surface area (Å²) in [5.74, 6) is 0.739. The van der Waals surface area contributed by atoms with Gasteiger partial charge in [0.15, 0.2) is 11.0 Å². The second kappa shape index (κ2) is 9.89. The van der Waals surface area contributed by atoms with Crippen LogP contribution >= 0.6 is 11.8 Å². The summed E-state index contributed by atoms with van der Waals surface area (Å²) >= 11 is 1.39. The molecule has 0 fully saturated rings. The molecule has 1 heterocycles. The lowest BCUT2D eigenvalue weighted by Crippen LogP contribution is -2.37. The molecular formula is C22H23N5OS. The number of para-hydroxylation sites is 1. The fourth-order valence-corrected chi connectivity index (χ4v) is 4.00. The maximum absolute atomic E-state index is 13.2. The van der Waals surface area contributed by atoms with Crippen molar-refractivity contribution in [2.24, 2.45) is 0 Å². The summed E-state index contributed by atoms with van der Waals surface area (Å²) in [5.41, 5.74) is 1.79. The number of aromatic nitrogens is 3. The minimum absolute atomic E-state index is 0.0524. The minimum Gasteiger partial charge on any atom is -0.310 e. The molecular weight excluding hydrogens is 382 g/mol. The van der Waals surface area contributed by atoms with Crippen molar-refractivity contribution in [2.75, 3.05) is 11.4 Å². The Morgan fingerprint density at radius 1 is 1.14 bits per heavy atom. The van der Waals surface area contributed by atoms with E-state index in [1.165, 1.54) is 11.8 Å². The van der Waals surface area contributed by atoms with Crippen molar-refractivity contribution >= 4 is 23.4 Å². The van der Waals surface area contributed by atoms with Gasteiger partial charge in [-0.15, -0.1) is 10.2 Å². The van der Waals surface area contributed by atoms with Crippen molar-refractivity contribution in [2.45, 2.75) is 37.2 Å². The summed E-state index contributed by atoms with van der Waals surface area (Å²) in [6.07, 6.45) is 0.279. The smallest absolute Gasteiger partial charge is 0.240 e. The number of hydrogen-bond acceptors (Lipinski definition) is 5. The van der Waals surface area contributed by atoms with Crippen LogP contribution < -0.4 is 4.90 Å². The molecule has 0 unspecified atom stereocenters. The lowest BCUT2D eigenvalue weighted by molar-refractivity contribution is -0.117. The van der Waals surface area contributed by atoms with Crippen LogP contribution in [-0.2, 0) is 11.3 Å². The highest BCUT2D eigenvalue weighted by molar-refractivity contribution is 8.00. The van der Waals surface area contributed by atoms with Crippen LogP contribution in [0.25, 0.3) is 11.4 Å².